The van der Waals surface area contributed by atoms with Gasteiger partial charge >= 0.3 is 0 Å². The van der Waals surface area contributed by atoms with Gasteiger partial charge in [-0.3, -0.25) is 14.4 Å². The number of rotatable bonds is 4. The summed E-state index contributed by atoms with van der Waals surface area (Å²) in [6, 6.07) is 15.5. The molecule has 3 rings (SSSR count). The van der Waals surface area contributed by atoms with Crippen molar-refractivity contribution < 1.29 is 14.4 Å². The third kappa shape index (κ3) is 2.40. The summed E-state index contributed by atoms with van der Waals surface area (Å²) in [5.74, 6) is -0.937. The third-order valence-corrected chi connectivity index (χ3v) is 4.99. The van der Waals surface area contributed by atoms with E-state index in [0.29, 0.717) is 5.56 Å². The minimum absolute atomic E-state index is 0.311. The summed E-state index contributed by atoms with van der Waals surface area (Å²) in [5.41, 5.74) is -0.169. The number of benzene rings is 2. The van der Waals surface area contributed by atoms with Crippen LogP contribution in [-0.2, 0) is 9.59 Å². The largest absolute Gasteiger partial charge is 0.307 e. The van der Waals surface area contributed by atoms with Crippen LogP contribution in [-0.4, -0.2) is 27.9 Å². The lowest BCUT2D eigenvalue weighted by Gasteiger charge is -2.10. The number of amides is 1. The van der Waals surface area contributed by atoms with Gasteiger partial charge in [0.2, 0.25) is 0 Å². The molecular weight excluding hydrogens is 370 g/mol. The molecule has 2 aromatic rings. The van der Waals surface area contributed by atoms with Crippen LogP contribution in [0.5, 0.6) is 0 Å². The minimum atomic E-state index is -1.40. The first-order valence-electron chi connectivity index (χ1n) is 7.57. The van der Waals surface area contributed by atoms with Crippen molar-refractivity contribution in [2.75, 3.05) is 0 Å². The summed E-state index contributed by atoms with van der Waals surface area (Å²) in [7, 11) is 0. The molecule has 0 spiro atoms. The van der Waals surface area contributed by atoms with Crippen molar-refractivity contribution in [3.05, 3.63) is 70.2 Å². The SMILES string of the molecule is CC(=O)C1(C(C)=O)[C@@H](c2ccc(Br)cc2)N1C(=O)c1ccccc1. The van der Waals surface area contributed by atoms with Gasteiger partial charge in [-0.1, -0.05) is 46.3 Å². The summed E-state index contributed by atoms with van der Waals surface area (Å²) < 4.78 is 0.893. The Morgan fingerprint density at radius 3 is 1.96 bits per heavy atom. The zero-order valence-electron chi connectivity index (χ0n) is 13.3. The monoisotopic (exact) mass is 385 g/mol. The molecule has 0 bridgehead atoms. The normalized spacial score (nSPS) is 18.1. The van der Waals surface area contributed by atoms with Gasteiger partial charge in [-0.15, -0.1) is 0 Å². The zero-order valence-corrected chi connectivity index (χ0v) is 14.9. The number of Topliss-reactive ketones (excluding diaryl/α,β-unsaturated/α-hetero) is 2. The van der Waals surface area contributed by atoms with Crippen LogP contribution in [0.3, 0.4) is 0 Å². The number of ketones is 2. The molecule has 1 saturated heterocycles. The number of hydrogen-bond acceptors (Lipinski definition) is 3. The first kappa shape index (κ1) is 16.6. The van der Waals surface area contributed by atoms with Gasteiger partial charge in [0.15, 0.2) is 17.1 Å². The van der Waals surface area contributed by atoms with Crippen LogP contribution in [0.15, 0.2) is 59.1 Å². The van der Waals surface area contributed by atoms with Crippen molar-refractivity contribution in [3.63, 3.8) is 0 Å². The van der Waals surface area contributed by atoms with E-state index >= 15 is 0 Å². The fourth-order valence-electron chi connectivity index (χ4n) is 3.30. The fourth-order valence-corrected chi connectivity index (χ4v) is 3.56. The fraction of sp³-hybridized carbons (Fsp3) is 0.211. The van der Waals surface area contributed by atoms with Gasteiger partial charge in [-0.25, -0.2) is 0 Å². The number of carbonyl (C=O) groups is 3. The molecule has 1 heterocycles. The maximum Gasteiger partial charge on any atom is 0.255 e. The average Bonchev–Trinajstić information content (AvgIpc) is 3.27. The van der Waals surface area contributed by atoms with Gasteiger partial charge in [-0.05, 0) is 43.7 Å². The van der Waals surface area contributed by atoms with Crippen LogP contribution in [0.4, 0.5) is 0 Å². The second-order valence-corrected chi connectivity index (χ2v) is 6.79. The van der Waals surface area contributed by atoms with E-state index in [2.05, 4.69) is 15.9 Å². The Bertz CT molecular complexity index is 800. The summed E-state index contributed by atoms with van der Waals surface area (Å²) in [5, 5.41) is 0. The van der Waals surface area contributed by atoms with E-state index in [1.807, 2.05) is 30.3 Å². The highest BCUT2D eigenvalue weighted by Gasteiger charge is 2.72. The summed E-state index contributed by atoms with van der Waals surface area (Å²) in [4.78, 5) is 39.0. The highest BCUT2D eigenvalue weighted by atomic mass is 79.9. The Hall–Kier alpha value is -2.27. The van der Waals surface area contributed by atoms with Crippen LogP contribution < -0.4 is 0 Å². The molecule has 1 fully saturated rings. The molecule has 0 radical (unpaired) electrons. The zero-order chi connectivity index (χ0) is 17.5. The minimum Gasteiger partial charge on any atom is -0.307 e. The van der Waals surface area contributed by atoms with Gasteiger partial charge < -0.3 is 4.90 Å². The lowest BCUT2D eigenvalue weighted by Crippen LogP contribution is -2.37. The molecule has 122 valence electrons. The van der Waals surface area contributed by atoms with Gasteiger partial charge in [0.25, 0.3) is 5.91 Å². The van der Waals surface area contributed by atoms with Gasteiger partial charge in [0.1, 0.15) is 0 Å². The molecule has 0 N–H and O–H groups in total. The van der Waals surface area contributed by atoms with Crippen molar-refractivity contribution >= 4 is 33.4 Å². The third-order valence-electron chi connectivity index (χ3n) is 4.46. The molecule has 0 saturated carbocycles. The lowest BCUT2D eigenvalue weighted by atomic mass is 9.92. The number of halogens is 1. The maximum atomic E-state index is 12.9. The highest BCUT2D eigenvalue weighted by molar-refractivity contribution is 9.10. The molecule has 4 nitrogen and oxygen atoms in total. The van der Waals surface area contributed by atoms with Crippen molar-refractivity contribution in [3.8, 4) is 0 Å². The van der Waals surface area contributed by atoms with E-state index in [1.165, 1.54) is 18.7 Å². The molecule has 1 aliphatic rings. The van der Waals surface area contributed by atoms with E-state index in [9.17, 15) is 14.4 Å². The molecule has 1 aliphatic heterocycles. The Labute approximate surface area is 148 Å². The number of nitrogens with zero attached hydrogens (tertiary/aromatic N) is 1. The average molecular weight is 386 g/mol. The van der Waals surface area contributed by atoms with E-state index in [0.717, 1.165) is 10.0 Å². The Kier molecular flexibility index (Phi) is 4.13. The maximum absolute atomic E-state index is 12.9. The first-order valence-corrected chi connectivity index (χ1v) is 8.36. The summed E-state index contributed by atoms with van der Waals surface area (Å²) in [6.07, 6.45) is 0. The number of carbonyl (C=O) groups excluding carboxylic acids is 3. The molecule has 0 aromatic heterocycles. The molecule has 1 amide bonds. The van der Waals surface area contributed by atoms with E-state index < -0.39 is 11.6 Å². The molecule has 0 unspecified atom stereocenters. The summed E-state index contributed by atoms with van der Waals surface area (Å²) >= 11 is 3.37. The Balaban J connectivity index is 2.08. The summed E-state index contributed by atoms with van der Waals surface area (Å²) in [6.45, 7) is 2.73. The Morgan fingerprint density at radius 1 is 0.917 bits per heavy atom. The molecule has 5 heteroatoms. The standard InChI is InChI=1S/C19H16BrNO3/c1-12(22)19(13(2)23)17(14-8-10-16(20)11-9-14)21(19)18(24)15-6-4-3-5-7-15/h3-11,17H,1-2H3/t17-,21?/m1/s1. The van der Waals surface area contributed by atoms with E-state index in [4.69, 9.17) is 0 Å². The van der Waals surface area contributed by atoms with Gasteiger partial charge in [0.05, 0.1) is 6.04 Å². The van der Waals surface area contributed by atoms with E-state index in [-0.39, 0.29) is 17.5 Å². The van der Waals surface area contributed by atoms with E-state index in [1.54, 1.807) is 24.3 Å². The van der Waals surface area contributed by atoms with Crippen molar-refractivity contribution in [2.45, 2.75) is 25.4 Å². The first-order chi connectivity index (χ1) is 11.4. The molecule has 24 heavy (non-hydrogen) atoms. The number of hydrogen-bond donors (Lipinski definition) is 0. The Morgan fingerprint density at radius 2 is 1.46 bits per heavy atom. The quantitative estimate of drug-likeness (QED) is 0.597. The van der Waals surface area contributed by atoms with Crippen molar-refractivity contribution in [1.29, 1.82) is 0 Å². The predicted molar refractivity (Wildman–Crippen MR) is 93.6 cm³/mol. The van der Waals surface area contributed by atoms with Crippen LogP contribution in [0, 0.1) is 0 Å². The smallest absolute Gasteiger partial charge is 0.255 e. The molecule has 2 aromatic carbocycles. The second kappa shape index (κ2) is 5.98. The van der Waals surface area contributed by atoms with Gasteiger partial charge in [0, 0.05) is 10.0 Å². The van der Waals surface area contributed by atoms with Crippen molar-refractivity contribution in [2.24, 2.45) is 0 Å². The molecular formula is C19H16BrNO3. The van der Waals surface area contributed by atoms with Crippen LogP contribution in [0.2, 0.25) is 0 Å². The topological polar surface area (TPSA) is 54.2 Å². The second-order valence-electron chi connectivity index (χ2n) is 5.87. The predicted octanol–water partition coefficient (Wildman–Crippen LogP) is 3.56. The van der Waals surface area contributed by atoms with Gasteiger partial charge in [-0.2, -0.15) is 0 Å². The van der Waals surface area contributed by atoms with Crippen LogP contribution in [0.1, 0.15) is 35.8 Å². The van der Waals surface area contributed by atoms with Crippen LogP contribution in [0.25, 0.3) is 0 Å². The molecule has 0 aliphatic carbocycles. The lowest BCUT2D eigenvalue weighted by molar-refractivity contribution is -0.129. The van der Waals surface area contributed by atoms with Crippen molar-refractivity contribution in [1.82, 2.24) is 4.90 Å². The molecule has 1 atom stereocenters. The highest BCUT2D eigenvalue weighted by Crippen LogP contribution is 2.55. The van der Waals surface area contributed by atoms with Crippen LogP contribution >= 0.6 is 15.9 Å².